The molecule has 1 fully saturated rings. The zero-order valence-electron chi connectivity index (χ0n) is 19.1. The molecular weight excluding hydrogens is 404 g/mol. The molecule has 32 heavy (non-hydrogen) atoms. The summed E-state index contributed by atoms with van der Waals surface area (Å²) in [5.41, 5.74) is 2.84. The maximum atomic E-state index is 12.9. The summed E-state index contributed by atoms with van der Waals surface area (Å²) >= 11 is 0. The van der Waals surface area contributed by atoms with Gasteiger partial charge in [-0.05, 0) is 73.6 Å². The number of hydrogen-bond donors (Lipinski definition) is 1. The fourth-order valence-electron chi connectivity index (χ4n) is 4.10. The summed E-state index contributed by atoms with van der Waals surface area (Å²) in [6.45, 7) is 2.27. The fourth-order valence-corrected chi connectivity index (χ4v) is 4.10. The van der Waals surface area contributed by atoms with Crippen molar-refractivity contribution in [3.63, 3.8) is 0 Å². The number of amides is 2. The van der Waals surface area contributed by atoms with E-state index in [1.165, 1.54) is 12.5 Å². The van der Waals surface area contributed by atoms with Crippen molar-refractivity contribution in [2.75, 3.05) is 26.1 Å². The van der Waals surface area contributed by atoms with E-state index in [1.807, 2.05) is 47.4 Å². The van der Waals surface area contributed by atoms with Gasteiger partial charge in [-0.25, -0.2) is 0 Å². The van der Waals surface area contributed by atoms with Gasteiger partial charge in [-0.1, -0.05) is 18.2 Å². The van der Waals surface area contributed by atoms with E-state index in [1.54, 1.807) is 20.3 Å². The molecule has 1 saturated heterocycles. The molecule has 2 amide bonds. The first-order valence-corrected chi connectivity index (χ1v) is 11.1. The number of nitrogens with zero attached hydrogens (tertiary/aromatic N) is 1. The molecule has 2 aromatic rings. The highest BCUT2D eigenvalue weighted by Gasteiger charge is 2.25. The molecule has 0 spiro atoms. The van der Waals surface area contributed by atoms with E-state index in [0.717, 1.165) is 61.4 Å². The molecule has 0 bridgehead atoms. The number of nitrogens with one attached hydrogen (secondary N) is 1. The van der Waals surface area contributed by atoms with Crippen LogP contribution in [0.3, 0.4) is 0 Å². The number of piperidine rings is 1. The van der Waals surface area contributed by atoms with Crippen molar-refractivity contribution in [3.05, 3.63) is 59.7 Å². The van der Waals surface area contributed by atoms with Gasteiger partial charge in [-0.3, -0.25) is 9.59 Å². The summed E-state index contributed by atoms with van der Waals surface area (Å²) in [7, 11) is 3.27. The van der Waals surface area contributed by atoms with Crippen LogP contribution in [0.5, 0.6) is 11.5 Å². The Morgan fingerprint density at radius 2 is 1.81 bits per heavy atom. The molecule has 1 N–H and O–H groups in total. The molecule has 1 unspecified atom stereocenters. The first-order chi connectivity index (χ1) is 15.5. The molecule has 1 heterocycles. The Kier molecular flexibility index (Phi) is 8.31. The van der Waals surface area contributed by atoms with Gasteiger partial charge >= 0.3 is 0 Å². The summed E-state index contributed by atoms with van der Waals surface area (Å²) in [6, 6.07) is 13.7. The molecule has 1 atom stereocenters. The van der Waals surface area contributed by atoms with E-state index in [4.69, 9.17) is 9.47 Å². The van der Waals surface area contributed by atoms with Gasteiger partial charge in [0.15, 0.2) is 11.5 Å². The molecule has 0 radical (unpaired) electrons. The first-order valence-electron chi connectivity index (χ1n) is 11.1. The number of carbonyl (C=O) groups is 2. The van der Waals surface area contributed by atoms with Crippen LogP contribution in [0.15, 0.2) is 48.5 Å². The van der Waals surface area contributed by atoms with E-state index < -0.39 is 0 Å². The fraction of sp³-hybridized carbons (Fsp3) is 0.385. The molecule has 6 nitrogen and oxygen atoms in total. The zero-order valence-corrected chi connectivity index (χ0v) is 19.1. The Balaban J connectivity index is 1.61. The molecular formula is C26H32N2O4. The Hall–Kier alpha value is -3.28. The van der Waals surface area contributed by atoms with E-state index in [9.17, 15) is 9.59 Å². The third-order valence-electron chi connectivity index (χ3n) is 5.77. The van der Waals surface area contributed by atoms with Crippen molar-refractivity contribution in [1.29, 1.82) is 0 Å². The van der Waals surface area contributed by atoms with Gasteiger partial charge < -0.3 is 19.7 Å². The van der Waals surface area contributed by atoms with Gasteiger partial charge in [0.1, 0.15) is 0 Å². The van der Waals surface area contributed by atoms with E-state index >= 15 is 0 Å². The number of methoxy groups -OCH3 is 2. The minimum absolute atomic E-state index is 0.0490. The largest absolute Gasteiger partial charge is 0.493 e. The zero-order chi connectivity index (χ0) is 22.9. The average molecular weight is 437 g/mol. The number of ether oxygens (including phenoxy) is 2. The minimum Gasteiger partial charge on any atom is -0.493 e. The number of likely N-dealkylation sites (tertiary alicyclic amines) is 1. The molecule has 1 aliphatic heterocycles. The summed E-state index contributed by atoms with van der Waals surface area (Å²) in [4.78, 5) is 26.1. The summed E-state index contributed by atoms with van der Waals surface area (Å²) in [6.07, 6.45) is 8.50. The molecule has 0 aromatic heterocycles. The van der Waals surface area contributed by atoms with Crippen LogP contribution in [0.25, 0.3) is 6.08 Å². The van der Waals surface area contributed by atoms with Gasteiger partial charge in [0.2, 0.25) is 11.8 Å². The second-order valence-corrected chi connectivity index (χ2v) is 8.05. The summed E-state index contributed by atoms with van der Waals surface area (Å²) < 4.78 is 10.7. The van der Waals surface area contributed by atoms with Crippen LogP contribution in [0.4, 0.5) is 5.69 Å². The highest BCUT2D eigenvalue weighted by Crippen LogP contribution is 2.29. The van der Waals surface area contributed by atoms with Crippen LogP contribution >= 0.6 is 0 Å². The molecule has 3 rings (SSSR count). The number of aryl methyl sites for hydroxylation is 1. The van der Waals surface area contributed by atoms with Crippen LogP contribution in [0.2, 0.25) is 0 Å². The summed E-state index contributed by atoms with van der Waals surface area (Å²) in [5, 5.41) is 2.74. The van der Waals surface area contributed by atoms with Gasteiger partial charge in [0.25, 0.3) is 0 Å². The first kappa shape index (κ1) is 23.4. The average Bonchev–Trinajstić information content (AvgIpc) is 2.81. The smallest absolute Gasteiger partial charge is 0.246 e. The van der Waals surface area contributed by atoms with Crippen molar-refractivity contribution in [1.82, 2.24) is 4.90 Å². The molecule has 2 aromatic carbocycles. The number of carbonyl (C=O) groups excluding carboxylic acids is 2. The standard InChI is InChI=1S/C26H32N2O4/c1-19(29)27-22-12-7-20(8-13-22)11-16-26(30)28-17-5-4-6-23(28)14-9-21-10-15-24(31-2)25(18-21)32-3/h7-8,10-13,15-16,18,23H,4-6,9,14,17H2,1-3H3,(H,27,29)/b16-11+. The SMILES string of the molecule is COc1ccc(CCC2CCCCN2C(=O)/C=C/c2ccc(NC(C)=O)cc2)cc1OC. The predicted molar refractivity (Wildman–Crippen MR) is 127 cm³/mol. The van der Waals surface area contributed by atoms with Gasteiger partial charge in [0, 0.05) is 31.3 Å². The lowest BCUT2D eigenvalue weighted by molar-refractivity contribution is -0.129. The Morgan fingerprint density at radius 1 is 1.06 bits per heavy atom. The molecule has 170 valence electrons. The van der Waals surface area contributed by atoms with Gasteiger partial charge in [-0.15, -0.1) is 0 Å². The van der Waals surface area contributed by atoms with Crippen LogP contribution in [0, 0.1) is 0 Å². The lowest BCUT2D eigenvalue weighted by atomic mass is 9.95. The number of benzene rings is 2. The molecule has 0 aliphatic carbocycles. The van der Waals surface area contributed by atoms with Crippen LogP contribution in [-0.4, -0.2) is 43.5 Å². The van der Waals surface area contributed by atoms with Crippen LogP contribution in [0.1, 0.15) is 43.7 Å². The van der Waals surface area contributed by atoms with Crippen molar-refractivity contribution < 1.29 is 19.1 Å². The van der Waals surface area contributed by atoms with E-state index in [-0.39, 0.29) is 17.9 Å². The van der Waals surface area contributed by atoms with Crippen molar-refractivity contribution >= 4 is 23.6 Å². The third kappa shape index (κ3) is 6.36. The maximum absolute atomic E-state index is 12.9. The van der Waals surface area contributed by atoms with Gasteiger partial charge in [0.05, 0.1) is 14.2 Å². The second kappa shape index (κ2) is 11.4. The Labute approximate surface area is 190 Å². The van der Waals surface area contributed by atoms with E-state index in [0.29, 0.717) is 0 Å². The maximum Gasteiger partial charge on any atom is 0.246 e. The van der Waals surface area contributed by atoms with Crippen molar-refractivity contribution in [2.45, 2.75) is 45.1 Å². The quantitative estimate of drug-likeness (QED) is 0.610. The number of anilines is 1. The molecule has 0 saturated carbocycles. The normalized spacial score (nSPS) is 16.1. The highest BCUT2D eigenvalue weighted by atomic mass is 16.5. The van der Waals surface area contributed by atoms with Crippen molar-refractivity contribution in [3.8, 4) is 11.5 Å². The van der Waals surface area contributed by atoms with Gasteiger partial charge in [-0.2, -0.15) is 0 Å². The Bertz CT molecular complexity index is 953. The highest BCUT2D eigenvalue weighted by molar-refractivity contribution is 5.92. The number of rotatable bonds is 8. The Morgan fingerprint density at radius 3 is 2.50 bits per heavy atom. The second-order valence-electron chi connectivity index (χ2n) is 8.05. The van der Waals surface area contributed by atoms with E-state index in [2.05, 4.69) is 11.4 Å². The number of hydrogen-bond acceptors (Lipinski definition) is 4. The topological polar surface area (TPSA) is 67.9 Å². The predicted octanol–water partition coefficient (Wildman–Crippen LogP) is 4.69. The van der Waals surface area contributed by atoms with Crippen molar-refractivity contribution in [2.24, 2.45) is 0 Å². The lowest BCUT2D eigenvalue weighted by Gasteiger charge is -2.35. The lowest BCUT2D eigenvalue weighted by Crippen LogP contribution is -2.43. The molecule has 6 heteroatoms. The molecule has 1 aliphatic rings. The third-order valence-corrected chi connectivity index (χ3v) is 5.77. The van der Waals surface area contributed by atoms with Crippen LogP contribution < -0.4 is 14.8 Å². The monoisotopic (exact) mass is 436 g/mol. The van der Waals surface area contributed by atoms with Crippen LogP contribution in [-0.2, 0) is 16.0 Å². The minimum atomic E-state index is -0.104. The summed E-state index contributed by atoms with van der Waals surface area (Å²) in [5.74, 6) is 1.40.